The highest BCUT2D eigenvalue weighted by atomic mass is 15.2. The smallest absolute Gasteiger partial charge is 0.0579 e. The van der Waals surface area contributed by atoms with Gasteiger partial charge in [-0.3, -0.25) is 0 Å². The Bertz CT molecular complexity index is 1760. The van der Waals surface area contributed by atoms with E-state index in [1.54, 1.807) is 0 Å². The standard InChI is InChI=1S/C46H50N2/c1-34-18-19-36(3)46(32-34)48(45-17-11-10-12-35(45)2)44-30-26-40(27-31-44)39-24-20-37(21-25-39)33-38-22-28-43(29-23-38)47(41-13-6-4-7-14-41)42-15-8-5-9-16-42/h4-15,17,20-26,28-30,32,34-36,42,45H,16,18-19,27,31,33H2,1-3H3. The van der Waals surface area contributed by atoms with Crippen molar-refractivity contribution in [2.75, 3.05) is 4.90 Å². The third-order valence-corrected chi connectivity index (χ3v) is 10.7. The van der Waals surface area contributed by atoms with E-state index in [9.17, 15) is 0 Å². The van der Waals surface area contributed by atoms with Gasteiger partial charge in [0, 0.05) is 22.8 Å². The molecule has 4 aliphatic carbocycles. The van der Waals surface area contributed by atoms with Crippen LogP contribution in [0.25, 0.3) is 5.57 Å². The summed E-state index contributed by atoms with van der Waals surface area (Å²) >= 11 is 0. The van der Waals surface area contributed by atoms with Crippen molar-refractivity contribution in [2.24, 2.45) is 17.8 Å². The monoisotopic (exact) mass is 630 g/mol. The zero-order valence-electron chi connectivity index (χ0n) is 28.9. The van der Waals surface area contributed by atoms with Crippen LogP contribution in [0.15, 0.2) is 157 Å². The molecule has 4 aliphatic rings. The third kappa shape index (κ3) is 7.14. The molecule has 0 amide bonds. The van der Waals surface area contributed by atoms with Crippen LogP contribution in [0, 0.1) is 17.8 Å². The molecule has 3 aromatic carbocycles. The minimum absolute atomic E-state index is 0.320. The van der Waals surface area contributed by atoms with Crippen LogP contribution < -0.4 is 4.90 Å². The molecule has 2 heteroatoms. The van der Waals surface area contributed by atoms with Crippen LogP contribution in [0.4, 0.5) is 11.4 Å². The topological polar surface area (TPSA) is 6.48 Å². The number of benzene rings is 3. The van der Waals surface area contributed by atoms with Gasteiger partial charge in [-0.25, -0.2) is 0 Å². The Kier molecular flexibility index (Phi) is 9.80. The van der Waals surface area contributed by atoms with E-state index in [1.807, 2.05) is 0 Å². The van der Waals surface area contributed by atoms with Crippen molar-refractivity contribution in [1.29, 1.82) is 0 Å². The molecule has 0 saturated heterocycles. The average molecular weight is 631 g/mol. The number of nitrogens with zero attached hydrogens (tertiary/aromatic N) is 2. The van der Waals surface area contributed by atoms with E-state index in [1.165, 1.54) is 57.9 Å². The molecule has 0 radical (unpaired) electrons. The molecular formula is C46H50N2. The summed E-state index contributed by atoms with van der Waals surface area (Å²) in [6.45, 7) is 7.16. The maximum Gasteiger partial charge on any atom is 0.0579 e. The van der Waals surface area contributed by atoms with Crippen molar-refractivity contribution < 1.29 is 0 Å². The van der Waals surface area contributed by atoms with E-state index in [0.29, 0.717) is 29.8 Å². The van der Waals surface area contributed by atoms with Crippen molar-refractivity contribution in [3.8, 4) is 0 Å². The van der Waals surface area contributed by atoms with Crippen LogP contribution in [0.1, 0.15) is 69.6 Å². The van der Waals surface area contributed by atoms with E-state index in [2.05, 4.69) is 176 Å². The first kappa shape index (κ1) is 32.0. The molecular weight excluding hydrogens is 581 g/mol. The molecule has 0 heterocycles. The molecule has 0 aliphatic heterocycles. The second-order valence-electron chi connectivity index (χ2n) is 14.2. The van der Waals surface area contributed by atoms with Gasteiger partial charge in [0.1, 0.15) is 0 Å². The number of hydrogen-bond donors (Lipinski definition) is 0. The third-order valence-electron chi connectivity index (χ3n) is 10.7. The zero-order valence-corrected chi connectivity index (χ0v) is 28.9. The van der Waals surface area contributed by atoms with Crippen LogP contribution in [-0.2, 0) is 6.42 Å². The predicted octanol–water partition coefficient (Wildman–Crippen LogP) is 11.7. The van der Waals surface area contributed by atoms with Gasteiger partial charge in [-0.15, -0.1) is 0 Å². The molecule has 5 unspecified atom stereocenters. The quantitative estimate of drug-likeness (QED) is 0.232. The minimum atomic E-state index is 0.320. The highest BCUT2D eigenvalue weighted by Crippen LogP contribution is 2.40. The Morgan fingerprint density at radius 3 is 2.04 bits per heavy atom. The Labute approximate surface area is 288 Å². The van der Waals surface area contributed by atoms with Gasteiger partial charge in [0.05, 0.1) is 12.1 Å². The van der Waals surface area contributed by atoms with Gasteiger partial charge in [0.15, 0.2) is 0 Å². The van der Waals surface area contributed by atoms with Crippen molar-refractivity contribution in [2.45, 2.75) is 71.4 Å². The van der Waals surface area contributed by atoms with Gasteiger partial charge < -0.3 is 9.80 Å². The Hall–Kier alpha value is -4.56. The number of hydrogen-bond acceptors (Lipinski definition) is 2. The Morgan fingerprint density at radius 2 is 1.35 bits per heavy atom. The number of anilines is 2. The molecule has 0 bridgehead atoms. The maximum atomic E-state index is 2.70. The van der Waals surface area contributed by atoms with Crippen molar-refractivity contribution >= 4 is 16.9 Å². The molecule has 244 valence electrons. The summed E-state index contributed by atoms with van der Waals surface area (Å²) < 4.78 is 0. The normalized spacial score (nSPS) is 24.9. The van der Waals surface area contributed by atoms with Crippen molar-refractivity contribution in [3.05, 3.63) is 174 Å². The van der Waals surface area contributed by atoms with Gasteiger partial charge in [0.2, 0.25) is 0 Å². The summed E-state index contributed by atoms with van der Waals surface area (Å²) in [5.74, 6) is 1.73. The van der Waals surface area contributed by atoms with E-state index >= 15 is 0 Å². The van der Waals surface area contributed by atoms with E-state index < -0.39 is 0 Å². The van der Waals surface area contributed by atoms with Gasteiger partial charge in [-0.2, -0.15) is 0 Å². The second-order valence-corrected chi connectivity index (χ2v) is 14.2. The molecule has 0 spiro atoms. The lowest BCUT2D eigenvalue weighted by Gasteiger charge is -2.43. The van der Waals surface area contributed by atoms with E-state index in [-0.39, 0.29) is 0 Å². The second kappa shape index (κ2) is 14.7. The number of allylic oxidation sites excluding steroid dienone is 10. The lowest BCUT2D eigenvalue weighted by atomic mass is 9.84. The molecule has 3 aromatic rings. The summed E-state index contributed by atoms with van der Waals surface area (Å²) in [6, 6.07) is 29.9. The molecule has 2 nitrogen and oxygen atoms in total. The lowest BCUT2D eigenvalue weighted by Crippen LogP contribution is -2.40. The molecule has 0 aromatic heterocycles. The first-order chi connectivity index (χ1) is 23.5. The fourth-order valence-electron chi connectivity index (χ4n) is 7.87. The highest BCUT2D eigenvalue weighted by molar-refractivity contribution is 5.69. The highest BCUT2D eigenvalue weighted by Gasteiger charge is 2.32. The van der Waals surface area contributed by atoms with Gasteiger partial charge in [-0.1, -0.05) is 136 Å². The lowest BCUT2D eigenvalue weighted by molar-refractivity contribution is 0.255. The molecule has 5 atom stereocenters. The van der Waals surface area contributed by atoms with Crippen molar-refractivity contribution in [1.82, 2.24) is 4.90 Å². The van der Waals surface area contributed by atoms with Crippen LogP contribution in [-0.4, -0.2) is 17.0 Å². The molecule has 0 saturated carbocycles. The minimum Gasteiger partial charge on any atom is -0.341 e. The van der Waals surface area contributed by atoms with E-state index in [4.69, 9.17) is 0 Å². The first-order valence-corrected chi connectivity index (χ1v) is 18.1. The summed E-state index contributed by atoms with van der Waals surface area (Å²) in [6.07, 6.45) is 32.1. The van der Waals surface area contributed by atoms with E-state index in [0.717, 1.165) is 25.7 Å². The molecule has 7 rings (SSSR count). The number of rotatable bonds is 9. The molecule has 48 heavy (non-hydrogen) atoms. The number of para-hydroxylation sites is 1. The SMILES string of the molecule is CC1C=C(N(C2=CC=C(c3ccc(Cc4ccc(N(c5ccccc5)C5C=CC=CC5)cc4)cc3)CC2)C2C=CC=CC2C)C(C)CC1. The Morgan fingerprint density at radius 1 is 0.646 bits per heavy atom. The Balaban J connectivity index is 1.06. The van der Waals surface area contributed by atoms with Gasteiger partial charge >= 0.3 is 0 Å². The molecule has 0 fully saturated rings. The zero-order chi connectivity index (χ0) is 32.9. The van der Waals surface area contributed by atoms with Crippen molar-refractivity contribution in [3.63, 3.8) is 0 Å². The van der Waals surface area contributed by atoms with Crippen LogP contribution in [0.2, 0.25) is 0 Å². The van der Waals surface area contributed by atoms with Crippen LogP contribution >= 0.6 is 0 Å². The maximum absolute atomic E-state index is 2.70. The summed E-state index contributed by atoms with van der Waals surface area (Å²) in [5.41, 5.74) is 10.9. The van der Waals surface area contributed by atoms with Crippen LogP contribution in [0.3, 0.4) is 0 Å². The summed E-state index contributed by atoms with van der Waals surface area (Å²) in [7, 11) is 0. The van der Waals surface area contributed by atoms with Gasteiger partial charge in [-0.05, 0) is 109 Å². The fourth-order valence-corrected chi connectivity index (χ4v) is 7.87. The predicted molar refractivity (Wildman–Crippen MR) is 205 cm³/mol. The first-order valence-electron chi connectivity index (χ1n) is 18.1. The average Bonchev–Trinajstić information content (AvgIpc) is 3.13. The fraction of sp³-hybridized carbons (Fsp3) is 0.304. The molecule has 0 N–H and O–H groups in total. The van der Waals surface area contributed by atoms with Crippen LogP contribution in [0.5, 0.6) is 0 Å². The van der Waals surface area contributed by atoms with Gasteiger partial charge in [0.25, 0.3) is 0 Å². The largest absolute Gasteiger partial charge is 0.341 e. The summed E-state index contributed by atoms with van der Waals surface area (Å²) in [4.78, 5) is 5.15. The summed E-state index contributed by atoms with van der Waals surface area (Å²) in [5, 5.41) is 0.